The van der Waals surface area contributed by atoms with Gasteiger partial charge in [0.15, 0.2) is 0 Å². The van der Waals surface area contributed by atoms with E-state index in [1.807, 2.05) is 0 Å². The molecular formula is C8H15NO. The van der Waals surface area contributed by atoms with Gasteiger partial charge in [-0.25, -0.2) is 0 Å². The Morgan fingerprint density at radius 2 is 2.10 bits per heavy atom. The molecule has 2 unspecified atom stereocenters. The van der Waals surface area contributed by atoms with Crippen molar-refractivity contribution >= 4 is 0 Å². The molecule has 1 saturated carbocycles. The third-order valence-electron chi connectivity index (χ3n) is 2.60. The van der Waals surface area contributed by atoms with Gasteiger partial charge in [-0.15, -0.1) is 0 Å². The van der Waals surface area contributed by atoms with Crippen molar-refractivity contribution in [3.05, 3.63) is 0 Å². The Morgan fingerprint density at radius 3 is 2.50 bits per heavy atom. The molecule has 2 nitrogen and oxygen atoms in total. The smallest absolute Gasteiger partial charge is 0.0696 e. The lowest BCUT2D eigenvalue weighted by molar-refractivity contribution is 0.0828. The molecule has 2 N–H and O–H groups in total. The van der Waals surface area contributed by atoms with Crippen LogP contribution in [0.1, 0.15) is 25.7 Å². The highest BCUT2D eigenvalue weighted by Gasteiger charge is 2.31. The summed E-state index contributed by atoms with van der Waals surface area (Å²) in [5.74, 6) is 0.859. The SMILES string of the molecule is OC(CC1CC1)C1CCN1. The normalized spacial score (nSPS) is 35.1. The monoisotopic (exact) mass is 141 g/mol. The minimum Gasteiger partial charge on any atom is -0.391 e. The Morgan fingerprint density at radius 1 is 1.40 bits per heavy atom. The molecule has 1 heterocycles. The summed E-state index contributed by atoms with van der Waals surface area (Å²) in [6, 6.07) is 0.431. The summed E-state index contributed by atoms with van der Waals surface area (Å²) in [5, 5.41) is 12.7. The minimum atomic E-state index is -0.0544. The predicted octanol–water partition coefficient (Wildman–Crippen LogP) is 0.509. The van der Waals surface area contributed by atoms with Gasteiger partial charge >= 0.3 is 0 Å². The van der Waals surface area contributed by atoms with Crippen molar-refractivity contribution in [3.63, 3.8) is 0 Å². The van der Waals surface area contributed by atoms with Gasteiger partial charge < -0.3 is 10.4 Å². The number of nitrogens with one attached hydrogen (secondary N) is 1. The molecular weight excluding hydrogens is 126 g/mol. The Labute approximate surface area is 61.6 Å². The standard InChI is InChI=1S/C8H15NO/c10-8(5-6-1-2-6)7-3-4-9-7/h6-10H,1-5H2. The molecule has 1 saturated heterocycles. The number of hydrogen-bond donors (Lipinski definition) is 2. The quantitative estimate of drug-likeness (QED) is 0.600. The van der Waals surface area contributed by atoms with Crippen LogP contribution in [-0.4, -0.2) is 23.8 Å². The Kier molecular flexibility index (Phi) is 1.66. The Balaban J connectivity index is 1.69. The van der Waals surface area contributed by atoms with Crippen molar-refractivity contribution < 1.29 is 5.11 Å². The Hall–Kier alpha value is -0.0800. The number of aliphatic hydroxyl groups excluding tert-OH is 1. The fourth-order valence-corrected chi connectivity index (χ4v) is 1.50. The largest absolute Gasteiger partial charge is 0.391 e. The van der Waals surface area contributed by atoms with Gasteiger partial charge in [0.25, 0.3) is 0 Å². The highest BCUT2D eigenvalue weighted by atomic mass is 16.3. The molecule has 0 amide bonds. The maximum atomic E-state index is 9.52. The first-order valence-electron chi connectivity index (χ1n) is 4.28. The van der Waals surface area contributed by atoms with E-state index in [9.17, 15) is 5.11 Å². The molecule has 1 aliphatic heterocycles. The zero-order chi connectivity index (χ0) is 6.97. The summed E-state index contributed by atoms with van der Waals surface area (Å²) in [5.41, 5.74) is 0. The highest BCUT2D eigenvalue weighted by Crippen LogP contribution is 2.34. The van der Waals surface area contributed by atoms with E-state index in [0.29, 0.717) is 6.04 Å². The molecule has 0 bridgehead atoms. The van der Waals surface area contributed by atoms with Gasteiger partial charge in [-0.3, -0.25) is 0 Å². The van der Waals surface area contributed by atoms with Gasteiger partial charge in [0.2, 0.25) is 0 Å². The van der Waals surface area contributed by atoms with E-state index in [1.165, 1.54) is 19.3 Å². The molecule has 10 heavy (non-hydrogen) atoms. The Bertz CT molecular complexity index is 118. The first-order valence-corrected chi connectivity index (χ1v) is 4.28. The van der Waals surface area contributed by atoms with E-state index in [0.717, 1.165) is 18.9 Å². The molecule has 0 aromatic rings. The first-order chi connectivity index (χ1) is 4.86. The topological polar surface area (TPSA) is 32.3 Å². The average Bonchev–Trinajstić information content (AvgIpc) is 2.43. The molecule has 2 aliphatic rings. The van der Waals surface area contributed by atoms with Crippen LogP contribution in [0.15, 0.2) is 0 Å². The lowest BCUT2D eigenvalue weighted by atomic mass is 9.97. The fraction of sp³-hybridized carbons (Fsp3) is 1.00. The molecule has 0 aromatic heterocycles. The van der Waals surface area contributed by atoms with E-state index >= 15 is 0 Å². The summed E-state index contributed by atoms with van der Waals surface area (Å²) in [7, 11) is 0. The van der Waals surface area contributed by atoms with Crippen LogP contribution in [0.2, 0.25) is 0 Å². The van der Waals surface area contributed by atoms with Crippen LogP contribution in [0.3, 0.4) is 0 Å². The summed E-state index contributed by atoms with van der Waals surface area (Å²) in [6.07, 6.45) is 4.86. The van der Waals surface area contributed by atoms with Crippen molar-refractivity contribution in [1.82, 2.24) is 5.32 Å². The zero-order valence-corrected chi connectivity index (χ0v) is 6.21. The maximum Gasteiger partial charge on any atom is 0.0696 e. The zero-order valence-electron chi connectivity index (χ0n) is 6.21. The van der Waals surface area contributed by atoms with E-state index in [2.05, 4.69) is 5.32 Å². The maximum absolute atomic E-state index is 9.52. The van der Waals surface area contributed by atoms with E-state index in [1.54, 1.807) is 0 Å². The van der Waals surface area contributed by atoms with Gasteiger partial charge in [-0.2, -0.15) is 0 Å². The first kappa shape index (κ1) is 6.62. The number of hydrogen-bond acceptors (Lipinski definition) is 2. The lowest BCUT2D eigenvalue weighted by Gasteiger charge is -2.32. The molecule has 2 fully saturated rings. The number of rotatable bonds is 3. The van der Waals surface area contributed by atoms with Crippen LogP contribution in [0.5, 0.6) is 0 Å². The van der Waals surface area contributed by atoms with Gasteiger partial charge in [-0.05, 0) is 25.3 Å². The van der Waals surface area contributed by atoms with E-state index in [4.69, 9.17) is 0 Å². The summed E-state index contributed by atoms with van der Waals surface area (Å²) in [4.78, 5) is 0. The van der Waals surface area contributed by atoms with E-state index < -0.39 is 0 Å². The van der Waals surface area contributed by atoms with Crippen molar-refractivity contribution in [1.29, 1.82) is 0 Å². The summed E-state index contributed by atoms with van der Waals surface area (Å²) in [6.45, 7) is 1.10. The number of aliphatic hydroxyl groups is 1. The van der Waals surface area contributed by atoms with Crippen molar-refractivity contribution in [2.24, 2.45) is 5.92 Å². The van der Waals surface area contributed by atoms with Crippen molar-refractivity contribution in [2.75, 3.05) is 6.54 Å². The van der Waals surface area contributed by atoms with Gasteiger partial charge in [0.05, 0.1) is 6.10 Å². The van der Waals surface area contributed by atoms with Crippen LogP contribution >= 0.6 is 0 Å². The highest BCUT2D eigenvalue weighted by molar-refractivity contribution is 4.88. The molecule has 0 spiro atoms. The second kappa shape index (κ2) is 2.51. The van der Waals surface area contributed by atoms with E-state index in [-0.39, 0.29) is 6.10 Å². The van der Waals surface area contributed by atoms with Gasteiger partial charge in [-0.1, -0.05) is 12.8 Å². The van der Waals surface area contributed by atoms with Crippen molar-refractivity contribution in [2.45, 2.75) is 37.8 Å². The third-order valence-corrected chi connectivity index (χ3v) is 2.60. The van der Waals surface area contributed by atoms with Crippen LogP contribution in [-0.2, 0) is 0 Å². The molecule has 2 rings (SSSR count). The molecule has 0 aromatic carbocycles. The average molecular weight is 141 g/mol. The third kappa shape index (κ3) is 1.32. The lowest BCUT2D eigenvalue weighted by Crippen LogP contribution is -2.50. The minimum absolute atomic E-state index is 0.0544. The van der Waals surface area contributed by atoms with Gasteiger partial charge in [0, 0.05) is 6.04 Å². The van der Waals surface area contributed by atoms with Crippen LogP contribution < -0.4 is 5.32 Å². The summed E-state index contributed by atoms with van der Waals surface area (Å²) < 4.78 is 0. The fourth-order valence-electron chi connectivity index (χ4n) is 1.50. The van der Waals surface area contributed by atoms with Crippen LogP contribution in [0, 0.1) is 5.92 Å². The van der Waals surface area contributed by atoms with Gasteiger partial charge in [0.1, 0.15) is 0 Å². The van der Waals surface area contributed by atoms with Crippen molar-refractivity contribution in [3.8, 4) is 0 Å². The molecule has 0 radical (unpaired) electrons. The molecule has 2 heteroatoms. The molecule has 58 valence electrons. The second-order valence-electron chi connectivity index (χ2n) is 3.60. The molecule has 1 aliphatic carbocycles. The second-order valence-corrected chi connectivity index (χ2v) is 3.60. The molecule has 2 atom stereocenters. The predicted molar refractivity (Wildman–Crippen MR) is 39.8 cm³/mol. The van der Waals surface area contributed by atoms with Crippen LogP contribution in [0.25, 0.3) is 0 Å². The summed E-state index contributed by atoms with van der Waals surface area (Å²) >= 11 is 0. The van der Waals surface area contributed by atoms with Crippen LogP contribution in [0.4, 0.5) is 0 Å².